The lowest BCUT2D eigenvalue weighted by Gasteiger charge is -2.38. The molecule has 1 saturated carbocycles. The standard InChI is InChI=1S/C13H16O2/c14-12-11-9-15-8-10(11)4-7-13(12)5-2-1-3-6-13/h8-9H,1-7H2. The van der Waals surface area contributed by atoms with Crippen LogP contribution < -0.4 is 0 Å². The van der Waals surface area contributed by atoms with Gasteiger partial charge in [0.15, 0.2) is 5.78 Å². The Morgan fingerprint density at radius 2 is 1.87 bits per heavy atom. The quantitative estimate of drug-likeness (QED) is 0.648. The lowest BCUT2D eigenvalue weighted by Crippen LogP contribution is -2.37. The zero-order chi connectivity index (χ0) is 10.3. The van der Waals surface area contributed by atoms with Crippen molar-refractivity contribution in [3.8, 4) is 0 Å². The molecule has 0 unspecified atom stereocenters. The molecule has 15 heavy (non-hydrogen) atoms. The van der Waals surface area contributed by atoms with Gasteiger partial charge in [0.05, 0.1) is 11.8 Å². The number of aryl methyl sites for hydroxylation is 1. The Hall–Kier alpha value is -1.05. The van der Waals surface area contributed by atoms with E-state index < -0.39 is 0 Å². The molecule has 0 atom stereocenters. The molecular formula is C13H16O2. The van der Waals surface area contributed by atoms with E-state index in [2.05, 4.69) is 0 Å². The normalized spacial score (nSPS) is 24.1. The van der Waals surface area contributed by atoms with Gasteiger partial charge < -0.3 is 4.42 Å². The molecule has 1 fully saturated rings. The number of hydrogen-bond acceptors (Lipinski definition) is 2. The lowest BCUT2D eigenvalue weighted by molar-refractivity contribution is 0.0669. The zero-order valence-corrected chi connectivity index (χ0v) is 8.92. The highest BCUT2D eigenvalue weighted by atomic mass is 16.3. The van der Waals surface area contributed by atoms with Crippen LogP contribution in [0.15, 0.2) is 16.9 Å². The molecule has 0 aliphatic heterocycles. The maximum Gasteiger partial charge on any atom is 0.172 e. The summed E-state index contributed by atoms with van der Waals surface area (Å²) in [5, 5.41) is 0. The van der Waals surface area contributed by atoms with Crippen LogP contribution in [0.5, 0.6) is 0 Å². The van der Waals surface area contributed by atoms with Gasteiger partial charge in [0, 0.05) is 11.0 Å². The van der Waals surface area contributed by atoms with E-state index in [0.29, 0.717) is 5.78 Å². The number of rotatable bonds is 0. The molecule has 3 rings (SSSR count). The monoisotopic (exact) mass is 204 g/mol. The summed E-state index contributed by atoms with van der Waals surface area (Å²) in [4.78, 5) is 12.4. The first-order valence-electron chi connectivity index (χ1n) is 5.92. The Balaban J connectivity index is 1.98. The van der Waals surface area contributed by atoms with E-state index in [0.717, 1.165) is 36.8 Å². The predicted molar refractivity (Wildman–Crippen MR) is 56.9 cm³/mol. The molecule has 0 aromatic carbocycles. The molecule has 2 nitrogen and oxygen atoms in total. The van der Waals surface area contributed by atoms with Crippen molar-refractivity contribution in [2.24, 2.45) is 5.41 Å². The summed E-state index contributed by atoms with van der Waals surface area (Å²) in [6.07, 6.45) is 11.4. The van der Waals surface area contributed by atoms with Crippen molar-refractivity contribution >= 4 is 5.78 Å². The molecular weight excluding hydrogens is 188 g/mol. The van der Waals surface area contributed by atoms with E-state index in [1.165, 1.54) is 19.3 Å². The maximum atomic E-state index is 12.4. The van der Waals surface area contributed by atoms with Crippen LogP contribution in [-0.4, -0.2) is 5.78 Å². The van der Waals surface area contributed by atoms with Crippen LogP contribution in [0.3, 0.4) is 0 Å². The van der Waals surface area contributed by atoms with Gasteiger partial charge in [0.25, 0.3) is 0 Å². The zero-order valence-electron chi connectivity index (χ0n) is 8.92. The van der Waals surface area contributed by atoms with Crippen molar-refractivity contribution in [2.75, 3.05) is 0 Å². The summed E-state index contributed by atoms with van der Waals surface area (Å²) in [6, 6.07) is 0. The van der Waals surface area contributed by atoms with Gasteiger partial charge in [-0.3, -0.25) is 4.79 Å². The van der Waals surface area contributed by atoms with Crippen molar-refractivity contribution in [1.29, 1.82) is 0 Å². The van der Waals surface area contributed by atoms with Gasteiger partial charge in [-0.2, -0.15) is 0 Å². The molecule has 0 bridgehead atoms. The molecule has 0 radical (unpaired) electrons. The minimum atomic E-state index is -0.0187. The minimum absolute atomic E-state index is 0.0187. The van der Waals surface area contributed by atoms with Crippen molar-refractivity contribution in [1.82, 2.24) is 0 Å². The van der Waals surface area contributed by atoms with Gasteiger partial charge in [0.1, 0.15) is 6.26 Å². The summed E-state index contributed by atoms with van der Waals surface area (Å²) in [5.74, 6) is 0.359. The SMILES string of the molecule is O=C1c2cocc2CCC12CCCCC2. The average molecular weight is 204 g/mol. The summed E-state index contributed by atoms with van der Waals surface area (Å²) in [7, 11) is 0. The number of furan rings is 1. The van der Waals surface area contributed by atoms with Crippen molar-refractivity contribution < 1.29 is 9.21 Å². The summed E-state index contributed by atoms with van der Waals surface area (Å²) < 4.78 is 5.15. The van der Waals surface area contributed by atoms with Gasteiger partial charge in [-0.25, -0.2) is 0 Å². The molecule has 2 aliphatic carbocycles. The van der Waals surface area contributed by atoms with Crippen molar-refractivity contribution in [3.63, 3.8) is 0 Å². The molecule has 0 amide bonds. The van der Waals surface area contributed by atoms with Crippen LogP contribution in [-0.2, 0) is 6.42 Å². The summed E-state index contributed by atoms with van der Waals surface area (Å²) in [5.41, 5.74) is 1.97. The molecule has 1 aromatic rings. The summed E-state index contributed by atoms with van der Waals surface area (Å²) in [6.45, 7) is 0. The smallest absolute Gasteiger partial charge is 0.172 e. The first-order chi connectivity index (χ1) is 7.32. The fourth-order valence-electron chi connectivity index (χ4n) is 3.20. The number of carbonyl (C=O) groups is 1. The topological polar surface area (TPSA) is 30.2 Å². The third kappa shape index (κ3) is 1.27. The second-order valence-corrected chi connectivity index (χ2v) is 4.98. The molecule has 80 valence electrons. The Bertz CT molecular complexity index is 383. The fraction of sp³-hybridized carbons (Fsp3) is 0.615. The van der Waals surface area contributed by atoms with Gasteiger partial charge in [-0.05, 0) is 25.7 Å². The van der Waals surface area contributed by atoms with E-state index in [1.807, 2.05) is 0 Å². The first-order valence-corrected chi connectivity index (χ1v) is 5.92. The molecule has 0 N–H and O–H groups in total. The van der Waals surface area contributed by atoms with E-state index in [1.54, 1.807) is 12.5 Å². The van der Waals surface area contributed by atoms with Crippen molar-refractivity contribution in [3.05, 3.63) is 23.7 Å². The third-order valence-corrected chi connectivity index (χ3v) is 4.15. The Morgan fingerprint density at radius 1 is 1.07 bits per heavy atom. The molecule has 1 aromatic heterocycles. The molecule has 2 heteroatoms. The van der Waals surface area contributed by atoms with Gasteiger partial charge >= 0.3 is 0 Å². The second kappa shape index (κ2) is 3.22. The van der Waals surface area contributed by atoms with Crippen LogP contribution in [0.2, 0.25) is 0 Å². The maximum absolute atomic E-state index is 12.4. The minimum Gasteiger partial charge on any atom is -0.472 e. The van der Waals surface area contributed by atoms with Crippen molar-refractivity contribution in [2.45, 2.75) is 44.9 Å². The lowest BCUT2D eigenvalue weighted by atomic mass is 9.64. The Morgan fingerprint density at radius 3 is 2.67 bits per heavy atom. The number of Topliss-reactive ketones (excluding diaryl/α,β-unsaturated/α-hetero) is 1. The van der Waals surface area contributed by atoms with Gasteiger partial charge in [-0.15, -0.1) is 0 Å². The fourth-order valence-corrected chi connectivity index (χ4v) is 3.20. The predicted octanol–water partition coefficient (Wildman–Crippen LogP) is 3.36. The Labute approximate surface area is 89.7 Å². The number of hydrogen-bond donors (Lipinski definition) is 0. The van der Waals surface area contributed by atoms with Crippen LogP contribution in [0, 0.1) is 5.41 Å². The molecule has 2 aliphatic rings. The highest BCUT2D eigenvalue weighted by Crippen LogP contribution is 2.46. The van der Waals surface area contributed by atoms with E-state index in [4.69, 9.17) is 4.42 Å². The largest absolute Gasteiger partial charge is 0.472 e. The van der Waals surface area contributed by atoms with Crippen LogP contribution in [0.1, 0.15) is 54.4 Å². The Kier molecular flexibility index (Phi) is 1.98. The number of carbonyl (C=O) groups excluding carboxylic acids is 1. The summed E-state index contributed by atoms with van der Waals surface area (Å²) >= 11 is 0. The molecule has 1 spiro atoms. The highest BCUT2D eigenvalue weighted by molar-refractivity contribution is 6.02. The van der Waals surface area contributed by atoms with Crippen LogP contribution in [0.4, 0.5) is 0 Å². The van der Waals surface area contributed by atoms with Gasteiger partial charge in [0.2, 0.25) is 0 Å². The van der Waals surface area contributed by atoms with E-state index >= 15 is 0 Å². The van der Waals surface area contributed by atoms with E-state index in [9.17, 15) is 4.79 Å². The first kappa shape index (κ1) is 9.20. The second-order valence-electron chi connectivity index (χ2n) is 4.98. The molecule has 0 saturated heterocycles. The third-order valence-electron chi connectivity index (χ3n) is 4.15. The molecule has 1 heterocycles. The average Bonchev–Trinajstić information content (AvgIpc) is 2.74. The number of ketones is 1. The van der Waals surface area contributed by atoms with Crippen LogP contribution in [0.25, 0.3) is 0 Å². The van der Waals surface area contributed by atoms with Crippen LogP contribution >= 0.6 is 0 Å². The van der Waals surface area contributed by atoms with Gasteiger partial charge in [-0.1, -0.05) is 19.3 Å². The highest BCUT2D eigenvalue weighted by Gasteiger charge is 2.43. The van der Waals surface area contributed by atoms with E-state index in [-0.39, 0.29) is 5.41 Å². The number of fused-ring (bicyclic) bond motifs is 1.